The van der Waals surface area contributed by atoms with Crippen molar-refractivity contribution in [3.63, 3.8) is 0 Å². The molecule has 0 saturated heterocycles. The summed E-state index contributed by atoms with van der Waals surface area (Å²) >= 11 is 0. The van der Waals surface area contributed by atoms with Gasteiger partial charge < -0.3 is 5.73 Å². The Morgan fingerprint density at radius 1 is 1.06 bits per heavy atom. The SMILES string of the molecule is Nc1c(-c2ccc([N+](=O)[O-])cc2)c(=O)c1=O. The molecule has 16 heavy (non-hydrogen) atoms. The second-order valence-electron chi connectivity index (χ2n) is 3.25. The van der Waals surface area contributed by atoms with Crippen molar-refractivity contribution in [2.75, 3.05) is 5.73 Å². The molecule has 0 aliphatic heterocycles. The lowest BCUT2D eigenvalue weighted by Gasteiger charge is -2.05. The number of nitrogen functional groups attached to an aromatic ring is 1. The number of nitrogens with two attached hydrogens (primary N) is 1. The number of hydrogen-bond acceptors (Lipinski definition) is 5. The fourth-order valence-corrected chi connectivity index (χ4v) is 1.45. The van der Waals surface area contributed by atoms with E-state index in [9.17, 15) is 19.7 Å². The highest BCUT2D eigenvalue weighted by molar-refractivity contribution is 5.80. The van der Waals surface area contributed by atoms with Crippen molar-refractivity contribution in [1.82, 2.24) is 0 Å². The topological polar surface area (TPSA) is 103 Å². The van der Waals surface area contributed by atoms with Crippen LogP contribution in [0, 0.1) is 10.1 Å². The lowest BCUT2D eigenvalue weighted by molar-refractivity contribution is -0.384. The number of hydrogen-bond donors (Lipinski definition) is 1. The summed E-state index contributed by atoms with van der Waals surface area (Å²) in [7, 11) is 0. The van der Waals surface area contributed by atoms with E-state index in [0.29, 0.717) is 5.56 Å². The smallest absolute Gasteiger partial charge is 0.269 e. The molecule has 2 N–H and O–H groups in total. The van der Waals surface area contributed by atoms with Gasteiger partial charge in [-0.3, -0.25) is 19.7 Å². The molecule has 0 aliphatic rings. The standard InChI is InChI=1S/C10H6N2O4/c11-8-7(9(13)10(8)14)5-1-3-6(4-2-5)12(15)16/h1-4H,11H2. The van der Waals surface area contributed by atoms with Gasteiger partial charge in [-0.2, -0.15) is 0 Å². The highest BCUT2D eigenvalue weighted by Crippen LogP contribution is 2.23. The molecule has 6 nitrogen and oxygen atoms in total. The summed E-state index contributed by atoms with van der Waals surface area (Å²) in [5.74, 6) is 0. The summed E-state index contributed by atoms with van der Waals surface area (Å²) in [4.78, 5) is 31.9. The van der Waals surface area contributed by atoms with E-state index in [1.54, 1.807) is 0 Å². The van der Waals surface area contributed by atoms with Gasteiger partial charge in [0.1, 0.15) is 0 Å². The molecule has 0 atom stereocenters. The minimum atomic E-state index is -0.701. The second-order valence-corrected chi connectivity index (χ2v) is 3.25. The lowest BCUT2D eigenvalue weighted by Crippen LogP contribution is -2.35. The molecule has 0 radical (unpaired) electrons. The van der Waals surface area contributed by atoms with Crippen LogP contribution in [0.2, 0.25) is 0 Å². The van der Waals surface area contributed by atoms with Gasteiger partial charge in [-0.25, -0.2) is 0 Å². The third kappa shape index (κ3) is 1.28. The Morgan fingerprint density at radius 3 is 2.06 bits per heavy atom. The molecule has 0 unspecified atom stereocenters. The van der Waals surface area contributed by atoms with Gasteiger partial charge in [-0.15, -0.1) is 0 Å². The van der Waals surface area contributed by atoms with Gasteiger partial charge in [-0.1, -0.05) is 0 Å². The number of rotatable bonds is 2. The van der Waals surface area contributed by atoms with Crippen molar-refractivity contribution in [3.05, 3.63) is 54.8 Å². The summed E-state index contributed by atoms with van der Waals surface area (Å²) in [5, 5.41) is 10.4. The van der Waals surface area contributed by atoms with E-state index >= 15 is 0 Å². The quantitative estimate of drug-likeness (QED) is 0.447. The molecule has 0 aromatic heterocycles. The molecule has 0 saturated carbocycles. The van der Waals surface area contributed by atoms with Gasteiger partial charge in [0.05, 0.1) is 16.2 Å². The van der Waals surface area contributed by atoms with Crippen LogP contribution in [0.15, 0.2) is 33.9 Å². The molecule has 0 bridgehead atoms. The van der Waals surface area contributed by atoms with Gasteiger partial charge in [0.15, 0.2) is 0 Å². The van der Waals surface area contributed by atoms with E-state index in [2.05, 4.69) is 0 Å². The van der Waals surface area contributed by atoms with Gasteiger partial charge in [0.2, 0.25) is 10.9 Å². The number of nitro groups is 1. The van der Waals surface area contributed by atoms with Crippen LogP contribution in [-0.2, 0) is 0 Å². The van der Waals surface area contributed by atoms with E-state index in [4.69, 9.17) is 5.73 Å². The van der Waals surface area contributed by atoms with Crippen molar-refractivity contribution < 1.29 is 4.92 Å². The molecule has 80 valence electrons. The Bertz CT molecular complexity index is 636. The van der Waals surface area contributed by atoms with Crippen LogP contribution in [0.1, 0.15) is 0 Å². The normalized spacial score (nSPS) is 10.5. The minimum absolute atomic E-state index is 0.0824. The maximum absolute atomic E-state index is 11.2. The van der Waals surface area contributed by atoms with Crippen LogP contribution < -0.4 is 16.6 Å². The second kappa shape index (κ2) is 3.27. The summed E-state index contributed by atoms with van der Waals surface area (Å²) in [5.41, 5.74) is 4.41. The molecule has 2 aromatic rings. The Labute approximate surface area is 88.8 Å². The largest absolute Gasteiger partial charge is 0.395 e. The summed E-state index contributed by atoms with van der Waals surface area (Å²) < 4.78 is 0. The minimum Gasteiger partial charge on any atom is -0.395 e. The molecule has 0 fully saturated rings. The lowest BCUT2D eigenvalue weighted by atomic mass is 9.99. The van der Waals surface area contributed by atoms with Crippen LogP contribution in [-0.4, -0.2) is 4.92 Å². The Balaban J connectivity index is 2.48. The van der Waals surface area contributed by atoms with Gasteiger partial charge in [-0.05, 0) is 17.7 Å². The molecular weight excluding hydrogens is 212 g/mol. The Kier molecular flexibility index (Phi) is 2.05. The van der Waals surface area contributed by atoms with E-state index in [1.165, 1.54) is 24.3 Å². The number of non-ortho nitro benzene ring substituents is 1. The maximum atomic E-state index is 11.2. The highest BCUT2D eigenvalue weighted by atomic mass is 16.6. The molecule has 0 amide bonds. The molecule has 0 aliphatic carbocycles. The predicted molar refractivity (Wildman–Crippen MR) is 57.9 cm³/mol. The van der Waals surface area contributed by atoms with Crippen molar-refractivity contribution in [2.24, 2.45) is 0 Å². The molecule has 0 heterocycles. The number of nitro benzene ring substituents is 1. The predicted octanol–water partition coefficient (Wildman–Crippen LogP) is 0.440. The highest BCUT2D eigenvalue weighted by Gasteiger charge is 2.19. The fraction of sp³-hybridized carbons (Fsp3) is 0. The molecule has 6 heteroatoms. The van der Waals surface area contributed by atoms with Crippen molar-refractivity contribution in [2.45, 2.75) is 0 Å². The average Bonchev–Trinajstić information content (AvgIpc) is 2.29. The first kappa shape index (κ1) is 10.0. The Morgan fingerprint density at radius 2 is 1.62 bits per heavy atom. The molecular formula is C10H6N2O4. The van der Waals surface area contributed by atoms with Crippen LogP contribution in [0.5, 0.6) is 0 Å². The third-order valence-corrected chi connectivity index (χ3v) is 2.31. The van der Waals surface area contributed by atoms with Crippen LogP contribution in [0.3, 0.4) is 0 Å². The first-order valence-electron chi connectivity index (χ1n) is 4.36. The van der Waals surface area contributed by atoms with Crippen LogP contribution in [0.4, 0.5) is 11.4 Å². The summed E-state index contributed by atoms with van der Waals surface area (Å²) in [6, 6.07) is 5.30. The maximum Gasteiger partial charge on any atom is 0.269 e. The molecule has 2 aromatic carbocycles. The average molecular weight is 218 g/mol. The molecule has 0 spiro atoms. The summed E-state index contributed by atoms with van der Waals surface area (Å²) in [6.07, 6.45) is 0. The first-order valence-corrected chi connectivity index (χ1v) is 4.36. The Hall–Kier alpha value is -2.50. The van der Waals surface area contributed by atoms with Crippen LogP contribution >= 0.6 is 0 Å². The van der Waals surface area contributed by atoms with Crippen molar-refractivity contribution in [3.8, 4) is 11.1 Å². The third-order valence-electron chi connectivity index (χ3n) is 2.31. The molecule has 2 rings (SSSR count). The zero-order chi connectivity index (χ0) is 11.9. The van der Waals surface area contributed by atoms with E-state index < -0.39 is 15.8 Å². The van der Waals surface area contributed by atoms with Crippen molar-refractivity contribution in [1.29, 1.82) is 0 Å². The fourth-order valence-electron chi connectivity index (χ4n) is 1.45. The van der Waals surface area contributed by atoms with Crippen LogP contribution in [0.25, 0.3) is 11.1 Å². The van der Waals surface area contributed by atoms with Crippen molar-refractivity contribution >= 4 is 11.4 Å². The zero-order valence-corrected chi connectivity index (χ0v) is 7.97. The monoisotopic (exact) mass is 218 g/mol. The number of anilines is 1. The first-order chi connectivity index (χ1) is 7.52. The van der Waals surface area contributed by atoms with E-state index in [1.807, 2.05) is 0 Å². The number of nitrogens with zero attached hydrogens (tertiary/aromatic N) is 1. The van der Waals surface area contributed by atoms with E-state index in [0.717, 1.165) is 0 Å². The van der Waals surface area contributed by atoms with E-state index in [-0.39, 0.29) is 16.9 Å². The van der Waals surface area contributed by atoms with Gasteiger partial charge in [0.25, 0.3) is 5.69 Å². The zero-order valence-electron chi connectivity index (χ0n) is 7.97. The number of benzene rings is 1. The van der Waals surface area contributed by atoms with Gasteiger partial charge in [0, 0.05) is 12.1 Å². The summed E-state index contributed by atoms with van der Waals surface area (Å²) in [6.45, 7) is 0. The van der Waals surface area contributed by atoms with Gasteiger partial charge >= 0.3 is 0 Å².